The molecular formula is C43H34O. The van der Waals surface area contributed by atoms with Gasteiger partial charge in [0.15, 0.2) is 0 Å². The highest BCUT2D eigenvalue weighted by Crippen LogP contribution is 2.53. The molecule has 0 aromatic heterocycles. The van der Waals surface area contributed by atoms with E-state index in [0.717, 1.165) is 23.1 Å². The highest BCUT2D eigenvalue weighted by Gasteiger charge is 2.43. The second-order valence-electron chi connectivity index (χ2n) is 11.3. The first-order chi connectivity index (χ1) is 21.8. The predicted octanol–water partition coefficient (Wildman–Crippen LogP) is 10.5. The molecule has 0 atom stereocenters. The molecule has 0 aliphatic rings. The number of benzene rings is 7. The first-order valence-electron chi connectivity index (χ1n) is 15.2. The molecule has 1 heteroatoms. The van der Waals surface area contributed by atoms with Crippen LogP contribution in [0.5, 0.6) is 5.75 Å². The summed E-state index contributed by atoms with van der Waals surface area (Å²) in [6, 6.07) is 63.3. The Hall–Kier alpha value is -5.40. The van der Waals surface area contributed by atoms with E-state index in [1.807, 2.05) is 0 Å². The molecule has 0 bridgehead atoms. The van der Waals surface area contributed by atoms with Crippen LogP contribution in [-0.4, -0.2) is 7.11 Å². The Bertz CT molecular complexity index is 1880. The Morgan fingerprint density at radius 2 is 0.932 bits per heavy atom. The summed E-state index contributed by atoms with van der Waals surface area (Å²) in [6.45, 7) is 0. The summed E-state index contributed by atoms with van der Waals surface area (Å²) in [5.74, 6) is 0.864. The normalized spacial score (nSPS) is 11.4. The van der Waals surface area contributed by atoms with Gasteiger partial charge in [-0.25, -0.2) is 0 Å². The van der Waals surface area contributed by atoms with Crippen molar-refractivity contribution in [2.45, 2.75) is 11.8 Å². The van der Waals surface area contributed by atoms with Gasteiger partial charge in [0.1, 0.15) is 5.75 Å². The van der Waals surface area contributed by atoms with Crippen molar-refractivity contribution in [3.05, 3.63) is 209 Å². The molecule has 7 aromatic carbocycles. The molecule has 1 nitrogen and oxygen atoms in total. The van der Waals surface area contributed by atoms with E-state index in [0.29, 0.717) is 0 Å². The molecule has 0 aliphatic heterocycles. The maximum atomic E-state index is 6.39. The lowest BCUT2D eigenvalue weighted by atomic mass is 9.62. The largest absolute Gasteiger partial charge is 0.496 e. The van der Waals surface area contributed by atoms with E-state index in [1.165, 1.54) is 44.3 Å². The van der Waals surface area contributed by atoms with Gasteiger partial charge >= 0.3 is 0 Å². The lowest BCUT2D eigenvalue weighted by Gasteiger charge is -2.39. The number of hydrogen-bond acceptors (Lipinski definition) is 1. The van der Waals surface area contributed by atoms with Crippen LogP contribution in [0.15, 0.2) is 176 Å². The molecule has 44 heavy (non-hydrogen) atoms. The third-order valence-corrected chi connectivity index (χ3v) is 8.72. The molecule has 0 saturated heterocycles. The van der Waals surface area contributed by atoms with Crippen molar-refractivity contribution >= 4 is 10.8 Å². The fraction of sp³-hybridized carbons (Fsp3) is 0.0698. The summed E-state index contributed by atoms with van der Waals surface area (Å²) in [6.07, 6.45) is 0.898. The molecule has 212 valence electrons. The van der Waals surface area contributed by atoms with Gasteiger partial charge in [-0.1, -0.05) is 170 Å². The van der Waals surface area contributed by atoms with Gasteiger partial charge in [0, 0.05) is 5.56 Å². The molecule has 0 radical (unpaired) electrons. The Kier molecular flexibility index (Phi) is 7.53. The zero-order valence-corrected chi connectivity index (χ0v) is 24.9. The molecule has 7 rings (SSSR count). The van der Waals surface area contributed by atoms with Gasteiger partial charge in [-0.15, -0.1) is 0 Å². The lowest BCUT2D eigenvalue weighted by Crippen LogP contribution is -2.32. The molecule has 0 heterocycles. The van der Waals surface area contributed by atoms with Crippen molar-refractivity contribution < 1.29 is 4.74 Å². The monoisotopic (exact) mass is 566 g/mol. The molecule has 0 amide bonds. The minimum Gasteiger partial charge on any atom is -0.496 e. The lowest BCUT2D eigenvalue weighted by molar-refractivity contribution is 0.406. The Morgan fingerprint density at radius 1 is 0.477 bits per heavy atom. The second-order valence-corrected chi connectivity index (χ2v) is 11.3. The number of methoxy groups -OCH3 is 1. The molecule has 0 unspecified atom stereocenters. The summed E-state index contributed by atoms with van der Waals surface area (Å²) in [5.41, 5.74) is 8.99. The molecule has 0 N–H and O–H groups in total. The quantitative estimate of drug-likeness (QED) is 0.166. The molecule has 0 fully saturated rings. The predicted molar refractivity (Wildman–Crippen MR) is 183 cm³/mol. The number of ether oxygens (including phenoxy) is 1. The molecule has 7 aromatic rings. The number of fused-ring (bicyclic) bond motifs is 1. The van der Waals surface area contributed by atoms with Crippen LogP contribution < -0.4 is 4.74 Å². The summed E-state index contributed by atoms with van der Waals surface area (Å²) >= 11 is 0. The number of rotatable bonds is 8. The van der Waals surface area contributed by atoms with Crippen LogP contribution >= 0.6 is 0 Å². The van der Waals surface area contributed by atoms with E-state index in [2.05, 4.69) is 176 Å². The van der Waals surface area contributed by atoms with Crippen molar-refractivity contribution in [3.8, 4) is 16.9 Å². The molecule has 0 saturated carbocycles. The van der Waals surface area contributed by atoms with Crippen molar-refractivity contribution in [1.82, 2.24) is 0 Å². The van der Waals surface area contributed by atoms with Gasteiger partial charge in [0.25, 0.3) is 0 Å². The minimum absolute atomic E-state index is 0.656. The maximum Gasteiger partial charge on any atom is 0.124 e. The first kappa shape index (κ1) is 27.4. The first-order valence-corrected chi connectivity index (χ1v) is 15.2. The fourth-order valence-corrected chi connectivity index (χ4v) is 6.77. The van der Waals surface area contributed by atoms with Crippen LogP contribution in [0.25, 0.3) is 21.9 Å². The standard InChI is InChI=1S/C43H34O/c1-44-40-31-35-18-14-15-25-39(35)41(34-28-26-33(27-29-34)30-32-16-6-2-7-17-32)42(40)43(36-19-8-3-9-20-36,37-21-10-4-11-22-37)38-23-12-5-13-24-38/h2-29,31H,30H2,1H3. The van der Waals surface area contributed by atoms with Crippen LogP contribution in [0.3, 0.4) is 0 Å². The molecule has 0 spiro atoms. The van der Waals surface area contributed by atoms with Gasteiger partial charge in [0.2, 0.25) is 0 Å². The second kappa shape index (κ2) is 12.1. The molecular weight excluding hydrogens is 532 g/mol. The zero-order valence-electron chi connectivity index (χ0n) is 24.9. The summed E-state index contributed by atoms with van der Waals surface area (Å²) in [7, 11) is 1.80. The average Bonchev–Trinajstić information content (AvgIpc) is 3.10. The van der Waals surface area contributed by atoms with Crippen LogP contribution in [0.4, 0.5) is 0 Å². The highest BCUT2D eigenvalue weighted by molar-refractivity contribution is 6.01. The van der Waals surface area contributed by atoms with Crippen LogP contribution in [0.2, 0.25) is 0 Å². The van der Waals surface area contributed by atoms with Crippen LogP contribution in [0.1, 0.15) is 33.4 Å². The SMILES string of the molecule is COc1cc2ccccc2c(-c2ccc(Cc3ccccc3)cc2)c1C(c1ccccc1)(c1ccccc1)c1ccccc1. The Balaban J connectivity index is 1.59. The third kappa shape index (κ3) is 4.87. The van der Waals surface area contributed by atoms with Crippen LogP contribution in [0, 0.1) is 0 Å². The van der Waals surface area contributed by atoms with Crippen molar-refractivity contribution in [3.63, 3.8) is 0 Å². The molecule has 0 aliphatic carbocycles. The zero-order chi connectivity index (χ0) is 29.8. The summed E-state index contributed by atoms with van der Waals surface area (Å²) < 4.78 is 6.39. The summed E-state index contributed by atoms with van der Waals surface area (Å²) in [5, 5.41) is 2.35. The Morgan fingerprint density at radius 3 is 1.45 bits per heavy atom. The van der Waals surface area contributed by atoms with Gasteiger partial charge < -0.3 is 4.74 Å². The van der Waals surface area contributed by atoms with Gasteiger partial charge in [-0.3, -0.25) is 0 Å². The van der Waals surface area contributed by atoms with Gasteiger partial charge in [-0.05, 0) is 62.2 Å². The van der Waals surface area contributed by atoms with E-state index < -0.39 is 5.41 Å². The van der Waals surface area contributed by atoms with Gasteiger partial charge in [0.05, 0.1) is 12.5 Å². The average molecular weight is 567 g/mol. The van der Waals surface area contributed by atoms with Crippen molar-refractivity contribution in [2.24, 2.45) is 0 Å². The number of hydrogen-bond donors (Lipinski definition) is 0. The van der Waals surface area contributed by atoms with E-state index in [-0.39, 0.29) is 0 Å². The smallest absolute Gasteiger partial charge is 0.124 e. The fourth-order valence-electron chi connectivity index (χ4n) is 6.77. The van der Waals surface area contributed by atoms with Crippen molar-refractivity contribution in [1.29, 1.82) is 0 Å². The van der Waals surface area contributed by atoms with E-state index in [4.69, 9.17) is 4.74 Å². The van der Waals surface area contributed by atoms with Crippen molar-refractivity contribution in [2.75, 3.05) is 7.11 Å². The van der Waals surface area contributed by atoms with Gasteiger partial charge in [-0.2, -0.15) is 0 Å². The highest BCUT2D eigenvalue weighted by atomic mass is 16.5. The van der Waals surface area contributed by atoms with E-state index in [1.54, 1.807) is 7.11 Å². The van der Waals surface area contributed by atoms with E-state index in [9.17, 15) is 0 Å². The topological polar surface area (TPSA) is 9.23 Å². The van der Waals surface area contributed by atoms with Crippen LogP contribution in [-0.2, 0) is 11.8 Å². The minimum atomic E-state index is -0.656. The Labute approximate surface area is 260 Å². The maximum absolute atomic E-state index is 6.39. The summed E-state index contributed by atoms with van der Waals surface area (Å²) in [4.78, 5) is 0. The van der Waals surface area contributed by atoms with E-state index >= 15 is 0 Å². The third-order valence-electron chi connectivity index (χ3n) is 8.72.